The summed E-state index contributed by atoms with van der Waals surface area (Å²) in [4.78, 5) is 12.3. The van der Waals surface area contributed by atoms with Crippen molar-refractivity contribution in [3.8, 4) is 5.75 Å². The van der Waals surface area contributed by atoms with Gasteiger partial charge in [-0.05, 0) is 26.0 Å². The molecule has 0 amide bonds. The van der Waals surface area contributed by atoms with E-state index in [0.717, 1.165) is 5.76 Å². The topological polar surface area (TPSA) is 57.3 Å². The number of Topliss-reactive ketones (excluding diaryl/α,β-unsaturated/α-hetero) is 1. The Hall–Kier alpha value is -2.04. The molecule has 0 fully saturated rings. The Kier molecular flexibility index (Phi) is 4.04. The van der Waals surface area contributed by atoms with E-state index in [1.54, 1.807) is 24.3 Å². The number of ether oxygens (including phenoxy) is 1. The molecule has 5 heteroatoms. The van der Waals surface area contributed by atoms with Crippen LogP contribution in [-0.2, 0) is 6.42 Å². The van der Waals surface area contributed by atoms with Crippen LogP contribution in [0.3, 0.4) is 0 Å². The normalized spacial score (nSPS) is 10.9. The zero-order valence-electron chi connectivity index (χ0n) is 11.4. The standard InChI is InChI=1S/C14H18N2O3/c1-10(2)16-14(13(18-3)9-15-16)12(17)7-6-11-5-4-8-19-11/h4-5,8-10H,6-7H2,1-3H3. The van der Waals surface area contributed by atoms with Crippen molar-refractivity contribution in [3.05, 3.63) is 36.0 Å². The van der Waals surface area contributed by atoms with Crippen LogP contribution >= 0.6 is 0 Å². The molecule has 0 spiro atoms. The fourth-order valence-corrected chi connectivity index (χ4v) is 1.96. The summed E-state index contributed by atoms with van der Waals surface area (Å²) in [5.41, 5.74) is 0.532. The van der Waals surface area contributed by atoms with Crippen LogP contribution in [0, 0.1) is 0 Å². The third-order valence-electron chi connectivity index (χ3n) is 2.91. The Morgan fingerprint density at radius 1 is 1.53 bits per heavy atom. The van der Waals surface area contributed by atoms with E-state index in [1.165, 1.54) is 0 Å². The average molecular weight is 262 g/mol. The first kappa shape index (κ1) is 13.4. The Balaban J connectivity index is 2.15. The molecule has 0 radical (unpaired) electrons. The molecule has 0 N–H and O–H groups in total. The van der Waals surface area contributed by atoms with Gasteiger partial charge in [0.25, 0.3) is 0 Å². The summed E-state index contributed by atoms with van der Waals surface area (Å²) < 4.78 is 12.1. The van der Waals surface area contributed by atoms with Crippen LogP contribution in [0.2, 0.25) is 0 Å². The number of aryl methyl sites for hydroxylation is 1. The summed E-state index contributed by atoms with van der Waals surface area (Å²) in [7, 11) is 1.55. The second-order valence-electron chi connectivity index (χ2n) is 4.60. The van der Waals surface area contributed by atoms with Gasteiger partial charge in [-0.25, -0.2) is 0 Å². The highest BCUT2D eigenvalue weighted by atomic mass is 16.5. The number of carbonyl (C=O) groups excluding carboxylic acids is 1. The monoisotopic (exact) mass is 262 g/mol. The Bertz CT molecular complexity index is 541. The third-order valence-corrected chi connectivity index (χ3v) is 2.91. The van der Waals surface area contributed by atoms with Gasteiger partial charge in [0.05, 0.1) is 19.6 Å². The molecule has 0 aliphatic carbocycles. The maximum absolute atomic E-state index is 12.3. The number of furan rings is 1. The molecular formula is C14H18N2O3. The SMILES string of the molecule is COc1cnn(C(C)C)c1C(=O)CCc1ccco1. The summed E-state index contributed by atoms with van der Waals surface area (Å²) in [5.74, 6) is 1.35. The number of nitrogens with zero attached hydrogens (tertiary/aromatic N) is 2. The lowest BCUT2D eigenvalue weighted by molar-refractivity contribution is 0.0965. The summed E-state index contributed by atoms with van der Waals surface area (Å²) in [6.07, 6.45) is 4.15. The highest BCUT2D eigenvalue weighted by Crippen LogP contribution is 2.23. The maximum Gasteiger partial charge on any atom is 0.185 e. The molecule has 2 rings (SSSR count). The Morgan fingerprint density at radius 3 is 2.89 bits per heavy atom. The number of aromatic nitrogens is 2. The number of rotatable bonds is 6. The summed E-state index contributed by atoms with van der Waals surface area (Å²) in [5, 5.41) is 4.20. The molecule has 19 heavy (non-hydrogen) atoms. The molecule has 0 aliphatic heterocycles. The molecule has 0 aromatic carbocycles. The first-order chi connectivity index (χ1) is 9.13. The van der Waals surface area contributed by atoms with Crippen LogP contribution in [-0.4, -0.2) is 22.7 Å². The lowest BCUT2D eigenvalue weighted by Gasteiger charge is -2.10. The van der Waals surface area contributed by atoms with E-state index < -0.39 is 0 Å². The van der Waals surface area contributed by atoms with E-state index in [4.69, 9.17) is 9.15 Å². The van der Waals surface area contributed by atoms with Crippen LogP contribution in [0.5, 0.6) is 5.75 Å². The van der Waals surface area contributed by atoms with E-state index in [0.29, 0.717) is 24.3 Å². The fraction of sp³-hybridized carbons (Fsp3) is 0.429. The first-order valence-corrected chi connectivity index (χ1v) is 6.30. The molecule has 0 aliphatic rings. The van der Waals surface area contributed by atoms with Crippen LogP contribution in [0.15, 0.2) is 29.0 Å². The minimum atomic E-state index is 0.0134. The molecule has 0 atom stereocenters. The molecule has 0 bridgehead atoms. The molecular weight excluding hydrogens is 244 g/mol. The largest absolute Gasteiger partial charge is 0.493 e. The highest BCUT2D eigenvalue weighted by molar-refractivity contribution is 5.97. The van der Waals surface area contributed by atoms with Crippen LogP contribution in [0.4, 0.5) is 0 Å². The Labute approximate surface area is 112 Å². The number of hydrogen-bond acceptors (Lipinski definition) is 4. The number of carbonyl (C=O) groups is 1. The summed E-state index contributed by atoms with van der Waals surface area (Å²) in [6.45, 7) is 3.96. The summed E-state index contributed by atoms with van der Waals surface area (Å²) >= 11 is 0. The molecule has 5 nitrogen and oxygen atoms in total. The maximum atomic E-state index is 12.3. The second-order valence-corrected chi connectivity index (χ2v) is 4.60. The molecule has 0 unspecified atom stereocenters. The molecule has 0 saturated heterocycles. The number of ketones is 1. The quantitative estimate of drug-likeness (QED) is 0.751. The van der Waals surface area contributed by atoms with Crippen molar-refractivity contribution in [2.45, 2.75) is 32.7 Å². The van der Waals surface area contributed by atoms with Gasteiger partial charge in [0, 0.05) is 18.9 Å². The van der Waals surface area contributed by atoms with Crippen LogP contribution in [0.1, 0.15) is 42.6 Å². The van der Waals surface area contributed by atoms with Crippen molar-refractivity contribution >= 4 is 5.78 Å². The van der Waals surface area contributed by atoms with Gasteiger partial charge >= 0.3 is 0 Å². The van der Waals surface area contributed by atoms with Gasteiger partial charge in [0.15, 0.2) is 11.5 Å². The molecule has 102 valence electrons. The van der Waals surface area contributed by atoms with E-state index in [-0.39, 0.29) is 11.8 Å². The van der Waals surface area contributed by atoms with Crippen molar-refractivity contribution < 1.29 is 13.9 Å². The molecule has 2 aromatic heterocycles. The zero-order valence-corrected chi connectivity index (χ0v) is 11.4. The van der Waals surface area contributed by atoms with Crippen LogP contribution < -0.4 is 4.74 Å². The van der Waals surface area contributed by atoms with Gasteiger partial charge in [-0.1, -0.05) is 0 Å². The van der Waals surface area contributed by atoms with Crippen molar-refractivity contribution in [3.63, 3.8) is 0 Å². The van der Waals surface area contributed by atoms with Gasteiger partial charge in [-0.15, -0.1) is 0 Å². The number of methoxy groups -OCH3 is 1. The lowest BCUT2D eigenvalue weighted by Crippen LogP contribution is -2.14. The molecule has 2 aromatic rings. The Morgan fingerprint density at radius 2 is 2.32 bits per heavy atom. The van der Waals surface area contributed by atoms with Gasteiger partial charge in [0.2, 0.25) is 0 Å². The van der Waals surface area contributed by atoms with E-state index in [2.05, 4.69) is 5.10 Å². The minimum Gasteiger partial charge on any atom is -0.493 e. The molecule has 0 saturated carbocycles. The van der Waals surface area contributed by atoms with Gasteiger partial charge < -0.3 is 9.15 Å². The van der Waals surface area contributed by atoms with Gasteiger partial charge in [-0.2, -0.15) is 5.10 Å². The van der Waals surface area contributed by atoms with E-state index >= 15 is 0 Å². The highest BCUT2D eigenvalue weighted by Gasteiger charge is 2.20. The van der Waals surface area contributed by atoms with E-state index in [1.807, 2.05) is 26.0 Å². The van der Waals surface area contributed by atoms with Crippen molar-refractivity contribution in [1.29, 1.82) is 0 Å². The van der Waals surface area contributed by atoms with Gasteiger partial charge in [-0.3, -0.25) is 9.48 Å². The average Bonchev–Trinajstić information content (AvgIpc) is 3.04. The fourth-order valence-electron chi connectivity index (χ4n) is 1.96. The molecule has 2 heterocycles. The van der Waals surface area contributed by atoms with Crippen molar-refractivity contribution in [2.75, 3.05) is 7.11 Å². The predicted octanol–water partition coefficient (Wildman–Crippen LogP) is 2.88. The number of hydrogen-bond donors (Lipinski definition) is 0. The van der Waals surface area contributed by atoms with Crippen molar-refractivity contribution in [1.82, 2.24) is 9.78 Å². The second kappa shape index (κ2) is 5.73. The van der Waals surface area contributed by atoms with Gasteiger partial charge in [0.1, 0.15) is 11.5 Å². The van der Waals surface area contributed by atoms with E-state index in [9.17, 15) is 4.79 Å². The lowest BCUT2D eigenvalue weighted by atomic mass is 10.1. The zero-order chi connectivity index (χ0) is 13.8. The van der Waals surface area contributed by atoms with Crippen molar-refractivity contribution in [2.24, 2.45) is 0 Å². The predicted molar refractivity (Wildman–Crippen MR) is 70.5 cm³/mol. The smallest absolute Gasteiger partial charge is 0.185 e. The minimum absolute atomic E-state index is 0.0134. The van der Waals surface area contributed by atoms with Crippen LogP contribution in [0.25, 0.3) is 0 Å². The third kappa shape index (κ3) is 2.86. The first-order valence-electron chi connectivity index (χ1n) is 6.30. The summed E-state index contributed by atoms with van der Waals surface area (Å²) in [6, 6.07) is 3.80.